The van der Waals surface area contributed by atoms with E-state index >= 15 is 0 Å². The highest BCUT2D eigenvalue weighted by molar-refractivity contribution is 5.16. The van der Waals surface area contributed by atoms with Crippen molar-refractivity contribution in [2.75, 3.05) is 7.11 Å². The topological polar surface area (TPSA) is 64.6 Å². The average molecular weight is 589 g/mol. The molecule has 4 aliphatic carbocycles. The largest absolute Gasteiger partial charge is 0.379 e. The van der Waals surface area contributed by atoms with E-state index in [2.05, 4.69) is 41.5 Å². The van der Waals surface area contributed by atoms with Gasteiger partial charge in [-0.25, -0.2) is 19.6 Å². The van der Waals surface area contributed by atoms with Crippen LogP contribution in [0.5, 0.6) is 0 Å². The van der Waals surface area contributed by atoms with Gasteiger partial charge in [-0.15, -0.1) is 0 Å². The van der Waals surface area contributed by atoms with Gasteiger partial charge in [0.15, 0.2) is 0 Å². The molecule has 4 bridgehead atoms. The van der Waals surface area contributed by atoms with Crippen molar-refractivity contribution >= 4 is 0 Å². The molecular formula is C35H56O7. The van der Waals surface area contributed by atoms with Gasteiger partial charge in [-0.2, -0.15) is 0 Å². The van der Waals surface area contributed by atoms with E-state index in [9.17, 15) is 0 Å². The molecule has 0 aromatic heterocycles. The number of fused-ring (bicyclic) bond motifs is 4. The Hall–Kier alpha value is -0.280. The molecule has 4 saturated carbocycles. The fourth-order valence-electron chi connectivity index (χ4n) is 12.3. The van der Waals surface area contributed by atoms with Crippen LogP contribution in [-0.4, -0.2) is 60.0 Å². The summed E-state index contributed by atoms with van der Waals surface area (Å²) in [7, 11) is 1.88. The Bertz CT molecular complexity index is 1050. The van der Waals surface area contributed by atoms with Gasteiger partial charge in [0.25, 0.3) is 0 Å². The summed E-state index contributed by atoms with van der Waals surface area (Å²) >= 11 is 0. The molecule has 0 N–H and O–H groups in total. The Morgan fingerprint density at radius 3 is 1.71 bits per heavy atom. The molecule has 1 unspecified atom stereocenters. The molecule has 0 aromatic carbocycles. The van der Waals surface area contributed by atoms with Gasteiger partial charge in [-0.3, -0.25) is 0 Å². The molecule has 10 fully saturated rings. The van der Waals surface area contributed by atoms with Crippen LogP contribution in [-0.2, 0) is 33.8 Å². The van der Waals surface area contributed by atoms with Crippen LogP contribution in [0.25, 0.3) is 0 Å². The summed E-state index contributed by atoms with van der Waals surface area (Å²) in [4.78, 5) is 25.6. The highest BCUT2D eigenvalue weighted by atomic mass is 17.2. The van der Waals surface area contributed by atoms with E-state index < -0.39 is 0 Å². The van der Waals surface area contributed by atoms with Crippen molar-refractivity contribution in [3.05, 3.63) is 0 Å². The first-order chi connectivity index (χ1) is 20.0. The molecule has 10 aliphatic rings. The minimum absolute atomic E-state index is 0.0183. The molecule has 42 heavy (non-hydrogen) atoms. The number of hydrogen-bond acceptors (Lipinski definition) is 7. The second kappa shape index (κ2) is 9.86. The fourth-order valence-corrected chi connectivity index (χ4v) is 12.3. The van der Waals surface area contributed by atoms with Crippen LogP contribution in [0.2, 0.25) is 0 Å². The van der Waals surface area contributed by atoms with Gasteiger partial charge in [0, 0.05) is 26.4 Å². The molecule has 6 heterocycles. The van der Waals surface area contributed by atoms with Crippen LogP contribution in [0, 0.1) is 47.3 Å². The molecular weight excluding hydrogens is 532 g/mol. The molecule has 0 amide bonds. The SMILES string of the molecule is CO[C@@H](C[C@H]1O[C@@H]2C[C@@]3(C)CC[C@H]4[C@H](C)CC[C@@H]([C@H]1C)[C@@]24OO3)C1O[C@@H]2C[C@@]3(C)CC[C@H]4[C@H](C)CC[C@@H]([C@H]1C)[C@@]24OO3. The highest BCUT2D eigenvalue weighted by Gasteiger charge is 2.70. The van der Waals surface area contributed by atoms with Crippen LogP contribution in [0.3, 0.4) is 0 Å². The summed E-state index contributed by atoms with van der Waals surface area (Å²) in [5.74, 6) is 3.81. The van der Waals surface area contributed by atoms with E-state index in [4.69, 9.17) is 33.8 Å². The first-order valence-electron chi connectivity index (χ1n) is 17.6. The van der Waals surface area contributed by atoms with Crippen molar-refractivity contribution in [2.24, 2.45) is 47.3 Å². The summed E-state index contributed by atoms with van der Waals surface area (Å²) in [6.45, 7) is 14.1. The Morgan fingerprint density at radius 2 is 1.17 bits per heavy atom. The lowest BCUT2D eigenvalue weighted by molar-refractivity contribution is -0.491. The van der Waals surface area contributed by atoms with Crippen LogP contribution in [0.1, 0.15) is 112 Å². The van der Waals surface area contributed by atoms with E-state index in [1.165, 1.54) is 38.5 Å². The summed E-state index contributed by atoms with van der Waals surface area (Å²) < 4.78 is 20.9. The van der Waals surface area contributed by atoms with Gasteiger partial charge < -0.3 is 14.2 Å². The summed E-state index contributed by atoms with van der Waals surface area (Å²) in [5, 5.41) is 0. The molecule has 0 aromatic rings. The third kappa shape index (κ3) is 3.89. The standard InChI is InChI=1S/C35H56O7/c1-19-8-10-25-21(3)27(37-29-17-32(5)14-12-23(19)34(25,29)41-39-32)16-28(36-7)31-22(4)26-11-9-20(2)24-13-15-33(6)18-30(38-31)35(24,26)42-40-33/h19-31H,8-18H2,1-7H3/t19-,20-,21-,22-,23+,24+,25+,26+,27-,28+,29-,30-,31?,32-,33-,34-,35-/m1/s1. The molecule has 17 atom stereocenters. The van der Waals surface area contributed by atoms with Gasteiger partial charge >= 0.3 is 0 Å². The first-order valence-corrected chi connectivity index (χ1v) is 17.6. The predicted molar refractivity (Wildman–Crippen MR) is 156 cm³/mol. The van der Waals surface area contributed by atoms with Crippen molar-refractivity contribution in [1.29, 1.82) is 0 Å². The van der Waals surface area contributed by atoms with Gasteiger partial charge in [-0.05, 0) is 113 Å². The average Bonchev–Trinajstić information content (AvgIpc) is 3.34. The zero-order valence-corrected chi connectivity index (χ0v) is 27.1. The number of rotatable bonds is 4. The molecule has 238 valence electrons. The van der Waals surface area contributed by atoms with Crippen LogP contribution < -0.4 is 0 Å². The maximum Gasteiger partial charge on any atom is 0.136 e. The normalized spacial score (nSPS) is 60.6. The van der Waals surface area contributed by atoms with Crippen molar-refractivity contribution in [1.82, 2.24) is 0 Å². The predicted octanol–water partition coefficient (Wildman–Crippen LogP) is 6.81. The van der Waals surface area contributed by atoms with Crippen molar-refractivity contribution in [2.45, 2.75) is 165 Å². The maximum atomic E-state index is 7.24. The molecule has 6 aliphatic heterocycles. The van der Waals surface area contributed by atoms with Crippen molar-refractivity contribution in [3.8, 4) is 0 Å². The molecule has 2 spiro atoms. The molecule has 10 rings (SSSR count). The third-order valence-corrected chi connectivity index (χ3v) is 14.7. The minimum atomic E-state index is -0.330. The summed E-state index contributed by atoms with van der Waals surface area (Å²) in [5.41, 5.74) is -1.17. The van der Waals surface area contributed by atoms with E-state index in [1.54, 1.807) is 0 Å². The Kier molecular flexibility index (Phi) is 6.84. The summed E-state index contributed by atoms with van der Waals surface area (Å²) in [6, 6.07) is 0. The molecule has 0 radical (unpaired) electrons. The van der Waals surface area contributed by atoms with Gasteiger partial charge in [-0.1, -0.05) is 27.7 Å². The van der Waals surface area contributed by atoms with E-state index in [-0.39, 0.29) is 52.9 Å². The zero-order valence-electron chi connectivity index (χ0n) is 27.1. The van der Waals surface area contributed by atoms with E-state index in [0.717, 1.165) is 32.1 Å². The Balaban J connectivity index is 1.08. The lowest BCUT2D eigenvalue weighted by Crippen LogP contribution is -2.71. The minimum Gasteiger partial charge on any atom is -0.379 e. The smallest absolute Gasteiger partial charge is 0.136 e. The van der Waals surface area contributed by atoms with E-state index in [1.807, 2.05) is 7.11 Å². The fraction of sp³-hybridized carbons (Fsp3) is 1.00. The van der Waals surface area contributed by atoms with Gasteiger partial charge in [0.2, 0.25) is 0 Å². The van der Waals surface area contributed by atoms with E-state index in [0.29, 0.717) is 47.3 Å². The Morgan fingerprint density at radius 1 is 0.643 bits per heavy atom. The monoisotopic (exact) mass is 588 g/mol. The summed E-state index contributed by atoms with van der Waals surface area (Å²) in [6.07, 6.45) is 12.2. The van der Waals surface area contributed by atoms with Crippen LogP contribution in [0.4, 0.5) is 0 Å². The third-order valence-electron chi connectivity index (χ3n) is 14.7. The molecule has 6 saturated heterocycles. The highest BCUT2D eigenvalue weighted by Crippen LogP contribution is 2.64. The second-order valence-corrected chi connectivity index (χ2v) is 16.9. The maximum absolute atomic E-state index is 7.24. The van der Waals surface area contributed by atoms with Gasteiger partial charge in [0.1, 0.15) is 22.4 Å². The van der Waals surface area contributed by atoms with Crippen LogP contribution >= 0.6 is 0 Å². The number of ether oxygens (including phenoxy) is 3. The zero-order chi connectivity index (χ0) is 29.2. The van der Waals surface area contributed by atoms with Crippen molar-refractivity contribution < 1.29 is 33.8 Å². The van der Waals surface area contributed by atoms with Crippen molar-refractivity contribution in [3.63, 3.8) is 0 Å². The van der Waals surface area contributed by atoms with Crippen LogP contribution in [0.15, 0.2) is 0 Å². The lowest BCUT2D eigenvalue weighted by Gasteiger charge is -2.63. The number of methoxy groups -OCH3 is 1. The lowest BCUT2D eigenvalue weighted by atomic mass is 9.55. The number of hydrogen-bond donors (Lipinski definition) is 0. The molecule has 7 heteroatoms. The van der Waals surface area contributed by atoms with Gasteiger partial charge in [0.05, 0.1) is 30.5 Å². The quantitative estimate of drug-likeness (QED) is 0.334. The molecule has 7 nitrogen and oxygen atoms in total. The second-order valence-electron chi connectivity index (χ2n) is 16.9. The first kappa shape index (κ1) is 29.1. The Labute approximate surface area is 253 Å².